The van der Waals surface area contributed by atoms with E-state index in [2.05, 4.69) is 17.6 Å². The fourth-order valence-corrected chi connectivity index (χ4v) is 1.56. The third-order valence-electron chi connectivity index (χ3n) is 2.09. The lowest BCUT2D eigenvalue weighted by atomic mass is 10.0. The fraction of sp³-hybridized carbons (Fsp3) is 0.444. The van der Waals surface area contributed by atoms with Gasteiger partial charge in [-0.1, -0.05) is 0 Å². The Kier molecular flexibility index (Phi) is 3.71. The lowest BCUT2D eigenvalue weighted by Gasteiger charge is -2.11. The topological polar surface area (TPSA) is 53.4 Å². The van der Waals surface area contributed by atoms with Gasteiger partial charge in [-0.3, -0.25) is 4.98 Å². The first kappa shape index (κ1) is 10.5. The highest BCUT2D eigenvalue weighted by molar-refractivity contribution is 7.79. The largest absolute Gasteiger partial charge is 0.392 e. The van der Waals surface area contributed by atoms with Crippen molar-refractivity contribution in [3.8, 4) is 0 Å². The van der Waals surface area contributed by atoms with Gasteiger partial charge in [0.15, 0.2) is 0 Å². The summed E-state index contributed by atoms with van der Waals surface area (Å²) >= 11 is 4.12. The molecule has 1 rings (SSSR count). The molecule has 0 aromatic carbocycles. The van der Waals surface area contributed by atoms with Gasteiger partial charge in [0.2, 0.25) is 0 Å². The Hall–Kier alpha value is -0.580. The van der Waals surface area contributed by atoms with Crippen LogP contribution in [-0.2, 0) is 19.0 Å². The molecule has 0 amide bonds. The molecule has 0 bridgehead atoms. The van der Waals surface area contributed by atoms with E-state index < -0.39 is 0 Å². The molecule has 0 spiro atoms. The zero-order valence-corrected chi connectivity index (χ0v) is 8.38. The molecule has 0 aliphatic heterocycles. The van der Waals surface area contributed by atoms with Crippen LogP contribution >= 0.6 is 12.6 Å². The Morgan fingerprint density at radius 2 is 1.92 bits per heavy atom. The fourth-order valence-electron chi connectivity index (χ4n) is 1.29. The average molecular weight is 199 g/mol. The normalized spacial score (nSPS) is 10.5. The summed E-state index contributed by atoms with van der Waals surface area (Å²) in [4.78, 5) is 4.11. The summed E-state index contributed by atoms with van der Waals surface area (Å²) in [5.41, 5.74) is 3.11. The minimum Gasteiger partial charge on any atom is -0.392 e. The van der Waals surface area contributed by atoms with E-state index in [-0.39, 0.29) is 13.2 Å². The summed E-state index contributed by atoms with van der Waals surface area (Å²) in [6.07, 6.45) is 1.69. The Morgan fingerprint density at radius 1 is 1.31 bits per heavy atom. The molecule has 2 N–H and O–H groups in total. The average Bonchev–Trinajstić information content (AvgIpc) is 2.17. The molecular formula is C9H13NO2S. The molecule has 1 heterocycles. The van der Waals surface area contributed by atoms with Crippen LogP contribution in [0.4, 0.5) is 0 Å². The molecule has 13 heavy (non-hydrogen) atoms. The van der Waals surface area contributed by atoms with Crippen LogP contribution in [0.2, 0.25) is 0 Å². The van der Waals surface area contributed by atoms with E-state index in [0.29, 0.717) is 11.3 Å². The van der Waals surface area contributed by atoms with E-state index in [0.717, 1.165) is 16.8 Å². The Morgan fingerprint density at radius 3 is 2.38 bits per heavy atom. The maximum absolute atomic E-state index is 9.11. The van der Waals surface area contributed by atoms with E-state index in [4.69, 9.17) is 10.2 Å². The number of aromatic nitrogens is 1. The first-order valence-corrected chi connectivity index (χ1v) is 4.66. The predicted octanol–water partition coefficient (Wildman–Crippen LogP) is 0.804. The van der Waals surface area contributed by atoms with Crippen molar-refractivity contribution in [2.45, 2.75) is 25.9 Å². The van der Waals surface area contributed by atoms with Gasteiger partial charge in [-0.25, -0.2) is 0 Å². The van der Waals surface area contributed by atoms with Crippen molar-refractivity contribution in [2.75, 3.05) is 0 Å². The number of hydrogen-bond acceptors (Lipinski definition) is 4. The van der Waals surface area contributed by atoms with Gasteiger partial charge >= 0.3 is 0 Å². The first-order valence-electron chi connectivity index (χ1n) is 4.03. The summed E-state index contributed by atoms with van der Waals surface area (Å²) < 4.78 is 0. The number of rotatable bonds is 3. The molecule has 72 valence electrons. The van der Waals surface area contributed by atoms with Crippen molar-refractivity contribution in [2.24, 2.45) is 0 Å². The molecule has 0 aliphatic rings. The zero-order chi connectivity index (χ0) is 9.84. The van der Waals surface area contributed by atoms with E-state index in [1.54, 1.807) is 6.20 Å². The van der Waals surface area contributed by atoms with E-state index >= 15 is 0 Å². The van der Waals surface area contributed by atoms with Crippen molar-refractivity contribution in [1.82, 2.24) is 4.98 Å². The minimum absolute atomic E-state index is 0.0743. The minimum atomic E-state index is -0.0870. The molecule has 3 nitrogen and oxygen atoms in total. The van der Waals surface area contributed by atoms with Gasteiger partial charge in [-0.15, -0.1) is 0 Å². The highest BCUT2D eigenvalue weighted by atomic mass is 32.1. The number of thiol groups is 1. The van der Waals surface area contributed by atoms with E-state index in [1.165, 1.54) is 0 Å². The standard InChI is InChI=1S/C9H13NO2S/c1-6-8(3-11)9(4-12)7(5-13)2-10-6/h2,11-13H,3-5H2,1H3. The highest BCUT2D eigenvalue weighted by Crippen LogP contribution is 2.18. The molecule has 4 heteroatoms. The zero-order valence-electron chi connectivity index (χ0n) is 7.49. The third-order valence-corrected chi connectivity index (χ3v) is 2.43. The second-order valence-electron chi connectivity index (χ2n) is 2.80. The monoisotopic (exact) mass is 199 g/mol. The lowest BCUT2D eigenvalue weighted by Crippen LogP contribution is -2.04. The highest BCUT2D eigenvalue weighted by Gasteiger charge is 2.09. The molecule has 0 aliphatic carbocycles. The summed E-state index contributed by atoms with van der Waals surface area (Å²) in [5, 5.41) is 18.2. The number of nitrogens with zero attached hydrogens (tertiary/aromatic N) is 1. The van der Waals surface area contributed by atoms with Gasteiger partial charge in [0.05, 0.1) is 13.2 Å². The first-order chi connectivity index (χ1) is 6.24. The number of hydrogen-bond donors (Lipinski definition) is 3. The Bertz CT molecular complexity index is 302. The van der Waals surface area contributed by atoms with Gasteiger partial charge in [0.25, 0.3) is 0 Å². The summed E-state index contributed by atoms with van der Waals surface area (Å²) in [6.45, 7) is 1.65. The van der Waals surface area contributed by atoms with Crippen molar-refractivity contribution < 1.29 is 10.2 Å². The lowest BCUT2D eigenvalue weighted by molar-refractivity contribution is 0.258. The number of aliphatic hydroxyl groups excluding tert-OH is 2. The second kappa shape index (κ2) is 4.60. The molecule has 0 saturated heterocycles. The summed E-state index contributed by atoms with van der Waals surface area (Å²) in [5.74, 6) is 0.524. The molecule has 1 aromatic rings. The van der Waals surface area contributed by atoms with Gasteiger partial charge in [0, 0.05) is 23.2 Å². The SMILES string of the molecule is Cc1ncc(CS)c(CO)c1CO. The predicted molar refractivity (Wildman–Crippen MR) is 53.5 cm³/mol. The van der Waals surface area contributed by atoms with E-state index in [1.807, 2.05) is 6.92 Å². The third kappa shape index (κ3) is 2.02. The molecule has 0 saturated carbocycles. The maximum Gasteiger partial charge on any atom is 0.0703 e. The van der Waals surface area contributed by atoms with Crippen LogP contribution in [0.25, 0.3) is 0 Å². The number of pyridine rings is 1. The maximum atomic E-state index is 9.11. The summed E-state index contributed by atoms with van der Waals surface area (Å²) in [6, 6.07) is 0. The Balaban J connectivity index is 3.27. The molecular weight excluding hydrogens is 186 g/mol. The second-order valence-corrected chi connectivity index (χ2v) is 3.12. The Labute approximate surface area is 82.9 Å². The van der Waals surface area contributed by atoms with Gasteiger partial charge in [-0.2, -0.15) is 12.6 Å². The summed E-state index contributed by atoms with van der Waals surface area (Å²) in [7, 11) is 0. The van der Waals surface area contributed by atoms with Crippen LogP contribution in [0.5, 0.6) is 0 Å². The van der Waals surface area contributed by atoms with Crippen LogP contribution in [0.15, 0.2) is 6.20 Å². The van der Waals surface area contributed by atoms with Crippen molar-refractivity contribution in [3.63, 3.8) is 0 Å². The van der Waals surface area contributed by atoms with Crippen LogP contribution in [0.1, 0.15) is 22.4 Å². The van der Waals surface area contributed by atoms with Gasteiger partial charge in [0.1, 0.15) is 0 Å². The molecule has 0 atom stereocenters. The van der Waals surface area contributed by atoms with Crippen LogP contribution < -0.4 is 0 Å². The molecule has 0 fully saturated rings. The van der Waals surface area contributed by atoms with Crippen LogP contribution in [0, 0.1) is 6.92 Å². The quantitative estimate of drug-likeness (QED) is 0.631. The van der Waals surface area contributed by atoms with Crippen LogP contribution in [0.3, 0.4) is 0 Å². The van der Waals surface area contributed by atoms with Crippen molar-refractivity contribution in [3.05, 3.63) is 28.6 Å². The van der Waals surface area contributed by atoms with Crippen LogP contribution in [-0.4, -0.2) is 15.2 Å². The molecule has 0 unspecified atom stereocenters. The van der Waals surface area contributed by atoms with Gasteiger partial charge < -0.3 is 10.2 Å². The van der Waals surface area contributed by atoms with Gasteiger partial charge in [-0.05, 0) is 18.1 Å². The molecule has 0 radical (unpaired) electrons. The molecule has 1 aromatic heterocycles. The smallest absolute Gasteiger partial charge is 0.0703 e. The van der Waals surface area contributed by atoms with Crippen molar-refractivity contribution in [1.29, 1.82) is 0 Å². The number of aryl methyl sites for hydroxylation is 1. The van der Waals surface area contributed by atoms with Crippen molar-refractivity contribution >= 4 is 12.6 Å². The number of aliphatic hydroxyl groups is 2. The van der Waals surface area contributed by atoms with E-state index in [9.17, 15) is 0 Å².